The highest BCUT2D eigenvalue weighted by Crippen LogP contribution is 2.18. The third kappa shape index (κ3) is 4.04. The molecular formula is C12H23N3. The molecule has 86 valence electrons. The maximum atomic E-state index is 4.17. The van der Waals surface area contributed by atoms with Crippen molar-refractivity contribution >= 4 is 0 Å². The maximum Gasteiger partial charge on any atom is 0.0547 e. The number of aryl methyl sites for hydroxylation is 1. The Kier molecular flexibility index (Phi) is 3.91. The lowest BCUT2D eigenvalue weighted by atomic mass is 9.92. The second-order valence-corrected chi connectivity index (χ2v) is 5.37. The van der Waals surface area contributed by atoms with E-state index in [0.29, 0.717) is 11.5 Å². The van der Waals surface area contributed by atoms with Crippen LogP contribution in [0.1, 0.15) is 45.9 Å². The Balaban J connectivity index is 2.37. The average Bonchev–Trinajstić information content (AvgIpc) is 2.48. The summed E-state index contributed by atoms with van der Waals surface area (Å²) in [5.74, 6) is 0. The van der Waals surface area contributed by atoms with Crippen LogP contribution in [0.2, 0.25) is 0 Å². The quantitative estimate of drug-likeness (QED) is 0.825. The largest absolute Gasteiger partial charge is 0.309 e. The van der Waals surface area contributed by atoms with Gasteiger partial charge in [0.15, 0.2) is 0 Å². The van der Waals surface area contributed by atoms with Crippen LogP contribution in [0.4, 0.5) is 0 Å². The highest BCUT2D eigenvalue weighted by atomic mass is 15.3. The number of hydrogen-bond donors (Lipinski definition) is 1. The van der Waals surface area contributed by atoms with E-state index in [-0.39, 0.29) is 0 Å². The van der Waals surface area contributed by atoms with Gasteiger partial charge in [-0.3, -0.25) is 4.68 Å². The number of hydrogen-bond acceptors (Lipinski definition) is 2. The molecule has 0 radical (unpaired) electrons. The minimum atomic E-state index is 0.375. The first-order valence-electron chi connectivity index (χ1n) is 5.61. The molecule has 1 unspecified atom stereocenters. The molecule has 1 atom stereocenters. The van der Waals surface area contributed by atoms with Crippen LogP contribution in [0.15, 0.2) is 12.3 Å². The molecule has 0 saturated carbocycles. The zero-order chi connectivity index (χ0) is 11.5. The monoisotopic (exact) mass is 209 g/mol. The fourth-order valence-electron chi connectivity index (χ4n) is 1.58. The first-order valence-corrected chi connectivity index (χ1v) is 5.61. The van der Waals surface area contributed by atoms with Gasteiger partial charge in [0.25, 0.3) is 0 Å². The Morgan fingerprint density at radius 2 is 2.13 bits per heavy atom. The Bertz CT molecular complexity index is 296. The van der Waals surface area contributed by atoms with Gasteiger partial charge in [-0.15, -0.1) is 0 Å². The van der Waals surface area contributed by atoms with Crippen molar-refractivity contribution < 1.29 is 0 Å². The smallest absolute Gasteiger partial charge is 0.0547 e. The van der Waals surface area contributed by atoms with Crippen LogP contribution >= 0.6 is 0 Å². The summed E-state index contributed by atoms with van der Waals surface area (Å²) in [4.78, 5) is 0. The molecule has 0 aliphatic rings. The minimum Gasteiger partial charge on any atom is -0.309 e. The van der Waals surface area contributed by atoms with Crippen molar-refractivity contribution in [2.45, 2.75) is 40.2 Å². The summed E-state index contributed by atoms with van der Waals surface area (Å²) in [6, 6.07) is 2.44. The molecule has 0 spiro atoms. The molecule has 0 aliphatic carbocycles. The van der Waals surface area contributed by atoms with Gasteiger partial charge in [0.05, 0.1) is 5.69 Å². The number of rotatable bonds is 4. The second-order valence-electron chi connectivity index (χ2n) is 5.37. The van der Waals surface area contributed by atoms with Crippen LogP contribution in [0.3, 0.4) is 0 Å². The maximum absolute atomic E-state index is 4.17. The van der Waals surface area contributed by atoms with E-state index in [1.54, 1.807) is 0 Å². The molecule has 0 bridgehead atoms. The van der Waals surface area contributed by atoms with Gasteiger partial charge in [0.1, 0.15) is 0 Å². The van der Waals surface area contributed by atoms with Crippen molar-refractivity contribution in [1.82, 2.24) is 15.1 Å². The normalized spacial score (nSPS) is 14.2. The molecule has 0 aliphatic heterocycles. The van der Waals surface area contributed by atoms with Gasteiger partial charge in [0.2, 0.25) is 0 Å². The van der Waals surface area contributed by atoms with Crippen LogP contribution in [0, 0.1) is 5.41 Å². The Morgan fingerprint density at radius 1 is 1.47 bits per heavy atom. The van der Waals surface area contributed by atoms with Gasteiger partial charge in [0, 0.05) is 19.3 Å². The highest BCUT2D eigenvalue weighted by molar-refractivity contribution is 5.05. The van der Waals surface area contributed by atoms with Gasteiger partial charge in [-0.05, 0) is 31.4 Å². The van der Waals surface area contributed by atoms with Gasteiger partial charge in [-0.2, -0.15) is 5.10 Å². The molecule has 0 amide bonds. The molecule has 1 aromatic rings. The van der Waals surface area contributed by atoms with Crippen molar-refractivity contribution in [1.29, 1.82) is 0 Å². The summed E-state index contributed by atoms with van der Waals surface area (Å²) in [5.41, 5.74) is 1.64. The molecule has 1 N–H and O–H groups in total. The van der Waals surface area contributed by atoms with Crippen molar-refractivity contribution in [2.75, 3.05) is 6.54 Å². The lowest BCUT2D eigenvalue weighted by Gasteiger charge is -2.20. The lowest BCUT2D eigenvalue weighted by molar-refractivity contribution is 0.355. The molecule has 15 heavy (non-hydrogen) atoms. The van der Waals surface area contributed by atoms with Gasteiger partial charge in [-0.25, -0.2) is 0 Å². The summed E-state index contributed by atoms with van der Waals surface area (Å²) >= 11 is 0. The van der Waals surface area contributed by atoms with Crippen LogP contribution in [0.25, 0.3) is 0 Å². The number of aromatic nitrogens is 2. The fraction of sp³-hybridized carbons (Fsp3) is 0.750. The molecule has 0 fully saturated rings. The molecule has 3 nitrogen and oxygen atoms in total. The summed E-state index contributed by atoms with van der Waals surface area (Å²) < 4.78 is 1.93. The predicted octanol–water partition coefficient (Wildman–Crippen LogP) is 2.51. The van der Waals surface area contributed by atoms with Crippen molar-refractivity contribution in [3.8, 4) is 0 Å². The topological polar surface area (TPSA) is 29.9 Å². The van der Waals surface area contributed by atoms with E-state index in [4.69, 9.17) is 0 Å². The highest BCUT2D eigenvalue weighted by Gasteiger charge is 2.12. The van der Waals surface area contributed by atoms with Crippen molar-refractivity contribution in [3.63, 3.8) is 0 Å². The molecular weight excluding hydrogens is 186 g/mol. The molecule has 1 heterocycles. The molecule has 0 aromatic carbocycles. The molecule has 3 heteroatoms. The third-order valence-electron chi connectivity index (χ3n) is 2.63. The first-order chi connectivity index (χ1) is 6.90. The van der Waals surface area contributed by atoms with Crippen molar-refractivity contribution in [2.24, 2.45) is 12.5 Å². The summed E-state index contributed by atoms with van der Waals surface area (Å²) in [6.07, 6.45) is 3.03. The standard InChI is InChI=1S/C12H23N3/c1-10(11-6-8-14-15(11)5)13-9-7-12(2,3)4/h6,8,10,13H,7,9H2,1-5H3. The van der Waals surface area contributed by atoms with Gasteiger partial charge < -0.3 is 5.32 Å². The molecule has 1 rings (SSSR count). The Labute approximate surface area is 92.9 Å². The number of nitrogens with one attached hydrogen (secondary N) is 1. The lowest BCUT2D eigenvalue weighted by Crippen LogP contribution is -2.25. The van der Waals surface area contributed by atoms with E-state index in [1.807, 2.05) is 17.9 Å². The third-order valence-corrected chi connectivity index (χ3v) is 2.63. The van der Waals surface area contributed by atoms with E-state index in [9.17, 15) is 0 Å². The van der Waals surface area contributed by atoms with Crippen LogP contribution in [-0.4, -0.2) is 16.3 Å². The van der Waals surface area contributed by atoms with Crippen LogP contribution in [0.5, 0.6) is 0 Å². The molecule has 0 saturated heterocycles. The summed E-state index contributed by atoms with van der Waals surface area (Å²) in [5, 5.41) is 7.69. The minimum absolute atomic E-state index is 0.375. The van der Waals surface area contributed by atoms with Crippen LogP contribution < -0.4 is 5.32 Å². The van der Waals surface area contributed by atoms with Gasteiger partial charge in [-0.1, -0.05) is 20.8 Å². The zero-order valence-electron chi connectivity index (χ0n) is 10.5. The number of nitrogens with zero attached hydrogens (tertiary/aromatic N) is 2. The predicted molar refractivity (Wildman–Crippen MR) is 63.7 cm³/mol. The van der Waals surface area contributed by atoms with E-state index in [2.05, 4.69) is 44.2 Å². The van der Waals surface area contributed by atoms with Crippen molar-refractivity contribution in [3.05, 3.63) is 18.0 Å². The molecule has 1 aromatic heterocycles. The SMILES string of the molecule is CC(NCCC(C)(C)C)c1ccnn1C. The Morgan fingerprint density at radius 3 is 2.60 bits per heavy atom. The summed E-state index contributed by atoms with van der Waals surface area (Å²) in [7, 11) is 1.98. The van der Waals surface area contributed by atoms with E-state index in [1.165, 1.54) is 12.1 Å². The average molecular weight is 209 g/mol. The van der Waals surface area contributed by atoms with Gasteiger partial charge >= 0.3 is 0 Å². The van der Waals surface area contributed by atoms with E-state index < -0.39 is 0 Å². The van der Waals surface area contributed by atoms with Crippen LogP contribution in [-0.2, 0) is 7.05 Å². The summed E-state index contributed by atoms with van der Waals surface area (Å²) in [6.45, 7) is 10.0. The second kappa shape index (κ2) is 4.79. The first kappa shape index (κ1) is 12.2. The fourth-order valence-corrected chi connectivity index (χ4v) is 1.58. The van der Waals surface area contributed by atoms with E-state index in [0.717, 1.165) is 6.54 Å². The Hall–Kier alpha value is -0.830. The van der Waals surface area contributed by atoms with E-state index >= 15 is 0 Å². The zero-order valence-corrected chi connectivity index (χ0v) is 10.5.